The first kappa shape index (κ1) is 20.0. The van der Waals surface area contributed by atoms with Crippen LogP contribution in [0.3, 0.4) is 0 Å². The Balaban J connectivity index is 1.57. The molecule has 2 aromatic heterocycles. The number of aromatic nitrogens is 2. The fourth-order valence-electron chi connectivity index (χ4n) is 4.36. The van der Waals surface area contributed by atoms with E-state index in [-0.39, 0.29) is 11.5 Å². The normalized spacial score (nSPS) is 16.8. The van der Waals surface area contributed by atoms with Gasteiger partial charge in [-0.25, -0.2) is 4.98 Å². The van der Waals surface area contributed by atoms with E-state index in [1.807, 2.05) is 4.57 Å². The maximum atomic E-state index is 13.3. The van der Waals surface area contributed by atoms with Crippen LogP contribution in [0.15, 0.2) is 9.95 Å². The first-order valence-corrected chi connectivity index (χ1v) is 12.4. The third-order valence-corrected chi connectivity index (χ3v) is 7.99. The van der Waals surface area contributed by atoms with E-state index >= 15 is 0 Å². The molecule has 28 heavy (non-hydrogen) atoms. The molecule has 0 saturated heterocycles. The Hall–Kier alpha value is -1.34. The molecule has 1 fully saturated rings. The first-order chi connectivity index (χ1) is 13.7. The van der Waals surface area contributed by atoms with E-state index in [2.05, 4.69) is 12.2 Å². The number of amides is 1. The Bertz CT molecular complexity index is 912. The number of rotatable bonds is 8. The van der Waals surface area contributed by atoms with Crippen LogP contribution in [-0.4, -0.2) is 27.3 Å². The molecule has 0 spiro atoms. The summed E-state index contributed by atoms with van der Waals surface area (Å²) in [7, 11) is 0. The number of aryl methyl sites for hydroxylation is 2. The van der Waals surface area contributed by atoms with Crippen molar-refractivity contribution in [3.05, 3.63) is 20.8 Å². The molecular weight excluding hydrogens is 390 g/mol. The number of carbonyl (C=O) groups excluding carboxylic acids is 1. The van der Waals surface area contributed by atoms with Gasteiger partial charge in [0.25, 0.3) is 5.56 Å². The van der Waals surface area contributed by atoms with Gasteiger partial charge < -0.3 is 5.32 Å². The molecule has 0 bridgehead atoms. The standard InChI is InChI=1S/C21H29N3O2S2/c1-2-3-6-12-24-20(26)18-15-10-7-11-16(15)28-19(18)23-21(24)27-13-17(25)22-14-8-4-5-9-14/h14H,2-13H2,1H3,(H,22,25). The van der Waals surface area contributed by atoms with E-state index in [9.17, 15) is 9.59 Å². The molecule has 0 aliphatic heterocycles. The van der Waals surface area contributed by atoms with E-state index in [1.165, 1.54) is 35.0 Å². The second kappa shape index (κ2) is 8.99. The second-order valence-corrected chi connectivity index (χ2v) is 9.96. The number of nitrogens with zero attached hydrogens (tertiary/aromatic N) is 2. The predicted molar refractivity (Wildman–Crippen MR) is 117 cm³/mol. The van der Waals surface area contributed by atoms with Gasteiger partial charge in [0, 0.05) is 17.5 Å². The lowest BCUT2D eigenvalue weighted by Crippen LogP contribution is -2.34. The van der Waals surface area contributed by atoms with Crippen LogP contribution in [0.1, 0.15) is 68.7 Å². The molecule has 2 heterocycles. The van der Waals surface area contributed by atoms with Crippen LogP contribution >= 0.6 is 23.1 Å². The molecule has 0 radical (unpaired) electrons. The van der Waals surface area contributed by atoms with Crippen LogP contribution in [-0.2, 0) is 24.2 Å². The van der Waals surface area contributed by atoms with Crippen molar-refractivity contribution in [2.45, 2.75) is 88.9 Å². The number of hydrogen-bond acceptors (Lipinski definition) is 5. The van der Waals surface area contributed by atoms with Gasteiger partial charge in [-0.05, 0) is 44.1 Å². The topological polar surface area (TPSA) is 64.0 Å². The summed E-state index contributed by atoms with van der Waals surface area (Å²) in [6.45, 7) is 2.85. The maximum absolute atomic E-state index is 13.3. The summed E-state index contributed by atoms with van der Waals surface area (Å²) in [5, 5.41) is 4.68. The van der Waals surface area contributed by atoms with E-state index in [0.717, 1.165) is 61.6 Å². The zero-order valence-electron chi connectivity index (χ0n) is 16.6. The molecule has 2 aliphatic rings. The van der Waals surface area contributed by atoms with Crippen LogP contribution in [0.5, 0.6) is 0 Å². The van der Waals surface area contributed by atoms with Crippen molar-refractivity contribution in [1.29, 1.82) is 0 Å². The Morgan fingerprint density at radius 2 is 2.07 bits per heavy atom. The van der Waals surface area contributed by atoms with Crippen molar-refractivity contribution in [2.75, 3.05) is 5.75 Å². The fourth-order valence-corrected chi connectivity index (χ4v) is 6.49. The van der Waals surface area contributed by atoms with E-state index in [4.69, 9.17) is 4.98 Å². The van der Waals surface area contributed by atoms with Crippen molar-refractivity contribution >= 4 is 39.2 Å². The number of carbonyl (C=O) groups is 1. The minimum absolute atomic E-state index is 0.0556. The monoisotopic (exact) mass is 419 g/mol. The SMILES string of the molecule is CCCCCn1c(SCC(=O)NC2CCCC2)nc2sc3c(c2c1=O)CCC3. The smallest absolute Gasteiger partial charge is 0.263 e. The Morgan fingerprint density at radius 1 is 1.25 bits per heavy atom. The minimum Gasteiger partial charge on any atom is -0.353 e. The predicted octanol–water partition coefficient (Wildman–Crippen LogP) is 4.29. The molecule has 7 heteroatoms. The molecule has 2 aromatic rings. The highest BCUT2D eigenvalue weighted by Crippen LogP contribution is 2.35. The summed E-state index contributed by atoms with van der Waals surface area (Å²) in [5.74, 6) is 0.382. The van der Waals surface area contributed by atoms with Crippen molar-refractivity contribution in [3.8, 4) is 0 Å². The molecule has 1 N–H and O–H groups in total. The molecule has 0 aromatic carbocycles. The molecule has 2 aliphatic carbocycles. The van der Waals surface area contributed by atoms with Crippen molar-refractivity contribution < 1.29 is 4.79 Å². The third kappa shape index (κ3) is 4.15. The Kier molecular flexibility index (Phi) is 6.41. The fraction of sp³-hybridized carbons (Fsp3) is 0.667. The lowest BCUT2D eigenvalue weighted by Gasteiger charge is -2.14. The van der Waals surface area contributed by atoms with Gasteiger partial charge in [-0.15, -0.1) is 11.3 Å². The van der Waals surface area contributed by atoms with Gasteiger partial charge in [0.1, 0.15) is 4.83 Å². The average Bonchev–Trinajstić information content (AvgIpc) is 3.39. The zero-order chi connectivity index (χ0) is 19.5. The number of fused-ring (bicyclic) bond motifs is 3. The van der Waals surface area contributed by atoms with Crippen molar-refractivity contribution in [2.24, 2.45) is 0 Å². The van der Waals surface area contributed by atoms with Gasteiger partial charge in [0.05, 0.1) is 11.1 Å². The zero-order valence-corrected chi connectivity index (χ0v) is 18.2. The lowest BCUT2D eigenvalue weighted by atomic mass is 10.2. The van der Waals surface area contributed by atoms with Gasteiger partial charge in [0.2, 0.25) is 5.91 Å². The number of unbranched alkanes of at least 4 members (excludes halogenated alkanes) is 2. The van der Waals surface area contributed by atoms with E-state index in [0.29, 0.717) is 23.5 Å². The molecule has 0 unspecified atom stereocenters. The Morgan fingerprint density at radius 3 is 2.86 bits per heavy atom. The summed E-state index contributed by atoms with van der Waals surface area (Å²) >= 11 is 3.09. The van der Waals surface area contributed by atoms with Gasteiger partial charge in [-0.3, -0.25) is 14.2 Å². The molecule has 0 atom stereocenters. The molecule has 152 valence electrons. The van der Waals surface area contributed by atoms with Gasteiger partial charge in [-0.2, -0.15) is 0 Å². The number of hydrogen-bond donors (Lipinski definition) is 1. The molecule has 1 saturated carbocycles. The van der Waals surface area contributed by atoms with Gasteiger partial charge in [-0.1, -0.05) is 44.4 Å². The summed E-state index contributed by atoms with van der Waals surface area (Å²) < 4.78 is 1.83. The minimum atomic E-state index is 0.0556. The van der Waals surface area contributed by atoms with Crippen LogP contribution < -0.4 is 10.9 Å². The third-order valence-electron chi connectivity index (χ3n) is 5.83. The summed E-state index contributed by atoms with van der Waals surface area (Å²) in [5.41, 5.74) is 1.33. The first-order valence-electron chi connectivity index (χ1n) is 10.6. The quantitative estimate of drug-likeness (QED) is 0.394. The second-order valence-electron chi connectivity index (χ2n) is 7.93. The van der Waals surface area contributed by atoms with Gasteiger partial charge in [0.15, 0.2) is 5.16 Å². The molecule has 5 nitrogen and oxygen atoms in total. The largest absolute Gasteiger partial charge is 0.353 e. The number of nitrogens with one attached hydrogen (secondary N) is 1. The van der Waals surface area contributed by atoms with Crippen LogP contribution in [0.25, 0.3) is 10.2 Å². The maximum Gasteiger partial charge on any atom is 0.263 e. The highest BCUT2D eigenvalue weighted by molar-refractivity contribution is 7.99. The highest BCUT2D eigenvalue weighted by atomic mass is 32.2. The molecule has 4 rings (SSSR count). The van der Waals surface area contributed by atoms with Crippen LogP contribution in [0.2, 0.25) is 0 Å². The molecular formula is C21H29N3O2S2. The summed E-state index contributed by atoms with van der Waals surface area (Å²) in [4.78, 5) is 32.7. The van der Waals surface area contributed by atoms with Crippen LogP contribution in [0.4, 0.5) is 0 Å². The lowest BCUT2D eigenvalue weighted by molar-refractivity contribution is -0.119. The molecule has 1 amide bonds. The highest BCUT2D eigenvalue weighted by Gasteiger charge is 2.24. The average molecular weight is 420 g/mol. The Labute approximate surface area is 174 Å². The van der Waals surface area contributed by atoms with Crippen LogP contribution in [0, 0.1) is 0 Å². The van der Waals surface area contributed by atoms with Crippen molar-refractivity contribution in [3.63, 3.8) is 0 Å². The summed E-state index contributed by atoms with van der Waals surface area (Å²) in [6.07, 6.45) is 11.0. The number of thiophene rings is 1. The number of thioether (sulfide) groups is 1. The van der Waals surface area contributed by atoms with Gasteiger partial charge >= 0.3 is 0 Å². The summed E-state index contributed by atoms with van der Waals surface area (Å²) in [6, 6.07) is 0.329. The van der Waals surface area contributed by atoms with Crippen molar-refractivity contribution in [1.82, 2.24) is 14.9 Å². The van der Waals surface area contributed by atoms with E-state index < -0.39 is 0 Å². The van der Waals surface area contributed by atoms with E-state index in [1.54, 1.807) is 11.3 Å².